The lowest BCUT2D eigenvalue weighted by atomic mass is 10.2. The molecule has 0 saturated carbocycles. The summed E-state index contributed by atoms with van der Waals surface area (Å²) in [7, 11) is 0. The molecule has 26 heavy (non-hydrogen) atoms. The number of carbonyl (C=O) groups is 1. The second-order valence-electron chi connectivity index (χ2n) is 5.23. The highest BCUT2D eigenvalue weighted by Gasteiger charge is 2.11. The van der Waals surface area contributed by atoms with Crippen LogP contribution in [0.1, 0.15) is 5.56 Å². The number of nitrogens with zero attached hydrogens (tertiary/aromatic N) is 2. The number of hydrogen-bond acceptors (Lipinski definition) is 6. The van der Waals surface area contributed by atoms with Crippen LogP contribution in [0.5, 0.6) is 0 Å². The molecule has 1 amide bonds. The Labute approximate surface area is 163 Å². The maximum absolute atomic E-state index is 13.6. The largest absolute Gasteiger partial charge is 0.328 e. The number of halogens is 2. The van der Waals surface area contributed by atoms with Crippen LogP contribution in [0.2, 0.25) is 5.02 Å². The Hall–Kier alpha value is -2.16. The van der Waals surface area contributed by atoms with Gasteiger partial charge in [0, 0.05) is 10.7 Å². The van der Waals surface area contributed by atoms with Crippen molar-refractivity contribution in [3.63, 3.8) is 0 Å². The molecular weight excluding hydrogens is 395 g/mol. The Morgan fingerprint density at radius 1 is 1.19 bits per heavy atom. The Morgan fingerprint density at radius 2 is 1.96 bits per heavy atom. The number of anilines is 3. The van der Waals surface area contributed by atoms with Crippen LogP contribution in [0.15, 0.2) is 46.8 Å². The van der Waals surface area contributed by atoms with Crippen molar-refractivity contribution < 1.29 is 9.18 Å². The highest BCUT2D eigenvalue weighted by molar-refractivity contribution is 8.01. The fourth-order valence-corrected chi connectivity index (χ4v) is 3.79. The average molecular weight is 409 g/mol. The van der Waals surface area contributed by atoms with Gasteiger partial charge >= 0.3 is 0 Å². The summed E-state index contributed by atoms with van der Waals surface area (Å²) in [5, 5.41) is 14.7. The maximum Gasteiger partial charge on any atom is 0.234 e. The lowest BCUT2D eigenvalue weighted by Crippen LogP contribution is -2.14. The monoisotopic (exact) mass is 408 g/mol. The van der Waals surface area contributed by atoms with Gasteiger partial charge < -0.3 is 10.6 Å². The van der Waals surface area contributed by atoms with Gasteiger partial charge in [0.1, 0.15) is 5.82 Å². The van der Waals surface area contributed by atoms with Crippen molar-refractivity contribution in [1.82, 2.24) is 10.2 Å². The lowest BCUT2D eigenvalue weighted by molar-refractivity contribution is -0.113. The summed E-state index contributed by atoms with van der Waals surface area (Å²) in [5.41, 5.74) is 1.83. The number of nitrogens with one attached hydrogen (secondary N) is 2. The third-order valence-corrected chi connectivity index (χ3v) is 5.77. The second-order valence-corrected chi connectivity index (χ2v) is 7.83. The molecule has 2 aromatic carbocycles. The van der Waals surface area contributed by atoms with Crippen molar-refractivity contribution in [3.8, 4) is 0 Å². The molecule has 134 valence electrons. The first-order chi connectivity index (χ1) is 12.5. The maximum atomic E-state index is 13.6. The summed E-state index contributed by atoms with van der Waals surface area (Å²) in [6, 6.07) is 11.7. The lowest BCUT2D eigenvalue weighted by Gasteiger charge is -2.08. The van der Waals surface area contributed by atoms with E-state index in [1.165, 1.54) is 29.2 Å². The number of benzene rings is 2. The second kappa shape index (κ2) is 8.48. The summed E-state index contributed by atoms with van der Waals surface area (Å²) >= 11 is 8.56. The van der Waals surface area contributed by atoms with Crippen LogP contribution >= 0.6 is 34.7 Å². The van der Waals surface area contributed by atoms with Crippen LogP contribution in [0.4, 0.5) is 20.9 Å². The number of thioether (sulfide) groups is 1. The van der Waals surface area contributed by atoms with E-state index >= 15 is 0 Å². The van der Waals surface area contributed by atoms with E-state index < -0.39 is 0 Å². The molecule has 0 spiro atoms. The van der Waals surface area contributed by atoms with Gasteiger partial charge in [-0.1, -0.05) is 52.9 Å². The highest BCUT2D eigenvalue weighted by Crippen LogP contribution is 2.29. The molecule has 1 heterocycles. The first kappa shape index (κ1) is 18.6. The first-order valence-electron chi connectivity index (χ1n) is 7.56. The van der Waals surface area contributed by atoms with Crippen molar-refractivity contribution in [2.75, 3.05) is 16.4 Å². The van der Waals surface area contributed by atoms with E-state index in [2.05, 4.69) is 20.8 Å². The van der Waals surface area contributed by atoms with E-state index in [1.807, 2.05) is 6.92 Å². The molecule has 9 heteroatoms. The number of carbonyl (C=O) groups excluding carboxylic acids is 1. The molecular formula is C17H14ClFN4OS2. The SMILES string of the molecule is Cc1c(Cl)cccc1NC(=O)CSc1nnc(Nc2ccccc2F)s1. The number of para-hydroxylation sites is 1. The standard InChI is InChI=1S/C17H14ClFN4OS2/c1-10-11(18)5-4-8-13(10)20-15(24)9-25-17-23-22-16(26-17)21-14-7-3-2-6-12(14)19/h2-8H,9H2,1H3,(H,20,24)(H,21,22). The van der Waals surface area contributed by atoms with Crippen molar-refractivity contribution in [2.45, 2.75) is 11.3 Å². The van der Waals surface area contributed by atoms with Crippen LogP contribution in [0, 0.1) is 12.7 Å². The Bertz CT molecular complexity index is 935. The average Bonchev–Trinajstić information content (AvgIpc) is 3.07. The van der Waals surface area contributed by atoms with E-state index in [-0.39, 0.29) is 17.5 Å². The molecule has 0 aliphatic heterocycles. The topological polar surface area (TPSA) is 66.9 Å². The molecule has 3 aromatic rings. The van der Waals surface area contributed by atoms with Gasteiger partial charge in [-0.2, -0.15) is 0 Å². The molecule has 5 nitrogen and oxygen atoms in total. The third kappa shape index (κ3) is 4.72. The smallest absolute Gasteiger partial charge is 0.234 e. The van der Waals surface area contributed by atoms with Gasteiger partial charge in [-0.05, 0) is 36.8 Å². The molecule has 0 unspecified atom stereocenters. The first-order valence-corrected chi connectivity index (χ1v) is 9.74. The van der Waals surface area contributed by atoms with Crippen LogP contribution < -0.4 is 10.6 Å². The van der Waals surface area contributed by atoms with Gasteiger partial charge in [-0.3, -0.25) is 4.79 Å². The fourth-order valence-electron chi connectivity index (χ4n) is 2.05. The molecule has 2 N–H and O–H groups in total. The van der Waals surface area contributed by atoms with Crippen molar-refractivity contribution in [3.05, 3.63) is 58.9 Å². The normalized spacial score (nSPS) is 10.6. The number of amides is 1. The predicted molar refractivity (Wildman–Crippen MR) is 105 cm³/mol. The summed E-state index contributed by atoms with van der Waals surface area (Å²) in [6.07, 6.45) is 0. The number of hydrogen-bond donors (Lipinski definition) is 2. The van der Waals surface area contributed by atoms with Crippen molar-refractivity contribution >= 4 is 57.1 Å². The minimum absolute atomic E-state index is 0.167. The van der Waals surface area contributed by atoms with Crippen LogP contribution in [0.3, 0.4) is 0 Å². The molecule has 0 fully saturated rings. The van der Waals surface area contributed by atoms with E-state index in [1.54, 1.807) is 36.4 Å². The van der Waals surface area contributed by atoms with Gasteiger partial charge in [-0.25, -0.2) is 4.39 Å². The van der Waals surface area contributed by atoms with Gasteiger partial charge in [0.2, 0.25) is 11.0 Å². The van der Waals surface area contributed by atoms with E-state index in [9.17, 15) is 9.18 Å². The van der Waals surface area contributed by atoms with Gasteiger partial charge in [0.25, 0.3) is 0 Å². The molecule has 0 saturated heterocycles. The van der Waals surface area contributed by atoms with E-state index in [0.717, 1.165) is 5.56 Å². The molecule has 0 aliphatic carbocycles. The molecule has 1 aromatic heterocycles. The molecule has 0 atom stereocenters. The minimum atomic E-state index is -0.367. The minimum Gasteiger partial charge on any atom is -0.328 e. The fraction of sp³-hybridized carbons (Fsp3) is 0.118. The highest BCUT2D eigenvalue weighted by atomic mass is 35.5. The molecule has 3 rings (SSSR count). The van der Waals surface area contributed by atoms with Crippen molar-refractivity contribution in [1.29, 1.82) is 0 Å². The van der Waals surface area contributed by atoms with Crippen LogP contribution in [0.25, 0.3) is 0 Å². The van der Waals surface area contributed by atoms with Gasteiger partial charge in [0.05, 0.1) is 11.4 Å². The Balaban J connectivity index is 1.55. The van der Waals surface area contributed by atoms with Gasteiger partial charge in [-0.15, -0.1) is 10.2 Å². The summed E-state index contributed by atoms with van der Waals surface area (Å²) in [4.78, 5) is 12.1. The van der Waals surface area contributed by atoms with E-state index in [0.29, 0.717) is 25.9 Å². The number of rotatable bonds is 6. The van der Waals surface area contributed by atoms with Crippen LogP contribution in [-0.4, -0.2) is 21.9 Å². The zero-order chi connectivity index (χ0) is 18.5. The summed E-state index contributed by atoms with van der Waals surface area (Å²) in [6.45, 7) is 1.84. The number of aromatic nitrogens is 2. The van der Waals surface area contributed by atoms with E-state index in [4.69, 9.17) is 11.6 Å². The molecule has 0 bridgehead atoms. The Kier molecular flexibility index (Phi) is 6.08. The quantitative estimate of drug-likeness (QED) is 0.554. The van der Waals surface area contributed by atoms with Crippen molar-refractivity contribution in [2.24, 2.45) is 0 Å². The molecule has 0 aliphatic rings. The molecule has 0 radical (unpaired) electrons. The predicted octanol–water partition coefficient (Wildman–Crippen LogP) is 5.11. The zero-order valence-electron chi connectivity index (χ0n) is 13.6. The van der Waals surface area contributed by atoms with Gasteiger partial charge in [0.15, 0.2) is 4.34 Å². The Morgan fingerprint density at radius 3 is 2.77 bits per heavy atom. The summed E-state index contributed by atoms with van der Waals surface area (Å²) in [5.74, 6) is -0.354. The van der Waals surface area contributed by atoms with Crippen LogP contribution in [-0.2, 0) is 4.79 Å². The zero-order valence-corrected chi connectivity index (χ0v) is 16.0. The third-order valence-electron chi connectivity index (χ3n) is 3.39. The summed E-state index contributed by atoms with van der Waals surface area (Å²) < 4.78 is 14.2.